The number of hydrogen-bond acceptors (Lipinski definition) is 2. The van der Waals surface area contributed by atoms with Crippen LogP contribution in [-0.2, 0) is 4.74 Å². The minimum atomic E-state index is -0.913. The molecule has 1 aromatic rings. The zero-order valence-corrected chi connectivity index (χ0v) is 10.6. The van der Waals surface area contributed by atoms with E-state index in [1.807, 2.05) is 6.92 Å². The zero-order valence-electron chi connectivity index (χ0n) is 8.97. The van der Waals surface area contributed by atoms with Gasteiger partial charge in [-0.05, 0) is 34.0 Å². The highest BCUT2D eigenvalue weighted by molar-refractivity contribution is 9.10. The fourth-order valence-electron chi connectivity index (χ4n) is 1.27. The minimum absolute atomic E-state index is 0.0695. The van der Waals surface area contributed by atoms with Gasteiger partial charge in [0.15, 0.2) is 11.6 Å². The fourth-order valence-corrected chi connectivity index (χ4v) is 1.89. The van der Waals surface area contributed by atoms with Crippen LogP contribution >= 0.6 is 15.9 Å². The van der Waals surface area contributed by atoms with Gasteiger partial charge in [-0.1, -0.05) is 13.0 Å². The SMILES string of the molecule is CCCOCC(N)c1ccc(F)c(F)c1Br. The van der Waals surface area contributed by atoms with E-state index in [2.05, 4.69) is 15.9 Å². The van der Waals surface area contributed by atoms with Gasteiger partial charge in [0, 0.05) is 6.61 Å². The summed E-state index contributed by atoms with van der Waals surface area (Å²) < 4.78 is 31.4. The molecule has 1 aromatic carbocycles. The van der Waals surface area contributed by atoms with E-state index in [1.54, 1.807) is 0 Å². The van der Waals surface area contributed by atoms with E-state index in [0.717, 1.165) is 12.5 Å². The summed E-state index contributed by atoms with van der Waals surface area (Å²) in [5.74, 6) is -1.80. The number of rotatable bonds is 5. The van der Waals surface area contributed by atoms with Gasteiger partial charge in [0.2, 0.25) is 0 Å². The maximum atomic E-state index is 13.2. The number of hydrogen-bond donors (Lipinski definition) is 1. The van der Waals surface area contributed by atoms with Gasteiger partial charge >= 0.3 is 0 Å². The number of benzene rings is 1. The summed E-state index contributed by atoms with van der Waals surface area (Å²) in [6, 6.07) is 2.06. The van der Waals surface area contributed by atoms with Gasteiger partial charge in [0.05, 0.1) is 17.1 Å². The van der Waals surface area contributed by atoms with Gasteiger partial charge in [-0.25, -0.2) is 8.78 Å². The second-order valence-electron chi connectivity index (χ2n) is 3.45. The molecule has 1 rings (SSSR count). The van der Waals surface area contributed by atoms with Crippen molar-refractivity contribution >= 4 is 15.9 Å². The Morgan fingerprint density at radius 3 is 2.75 bits per heavy atom. The van der Waals surface area contributed by atoms with Crippen molar-refractivity contribution in [3.63, 3.8) is 0 Å². The molecule has 2 N–H and O–H groups in total. The van der Waals surface area contributed by atoms with Crippen molar-refractivity contribution < 1.29 is 13.5 Å². The lowest BCUT2D eigenvalue weighted by Crippen LogP contribution is -2.18. The molecule has 0 spiro atoms. The predicted molar refractivity (Wildman–Crippen MR) is 62.1 cm³/mol. The lowest BCUT2D eigenvalue weighted by Gasteiger charge is -2.14. The zero-order chi connectivity index (χ0) is 12.1. The Morgan fingerprint density at radius 1 is 1.44 bits per heavy atom. The largest absolute Gasteiger partial charge is 0.379 e. The minimum Gasteiger partial charge on any atom is -0.379 e. The summed E-state index contributed by atoms with van der Waals surface area (Å²) in [4.78, 5) is 0. The van der Waals surface area contributed by atoms with Gasteiger partial charge in [-0.15, -0.1) is 0 Å². The van der Waals surface area contributed by atoms with Crippen LogP contribution in [0.15, 0.2) is 16.6 Å². The van der Waals surface area contributed by atoms with Crippen LogP contribution in [-0.4, -0.2) is 13.2 Å². The number of halogens is 3. The summed E-state index contributed by atoms with van der Waals surface area (Å²) in [5.41, 5.74) is 6.32. The Balaban J connectivity index is 2.76. The summed E-state index contributed by atoms with van der Waals surface area (Å²) in [6.45, 7) is 2.88. The Kier molecular flexibility index (Phi) is 5.31. The van der Waals surface area contributed by atoms with Crippen LogP contribution in [0.2, 0.25) is 0 Å². The first kappa shape index (κ1) is 13.5. The lowest BCUT2D eigenvalue weighted by molar-refractivity contribution is 0.121. The molecule has 0 aliphatic carbocycles. The van der Waals surface area contributed by atoms with Gasteiger partial charge < -0.3 is 10.5 Å². The van der Waals surface area contributed by atoms with E-state index in [9.17, 15) is 8.78 Å². The van der Waals surface area contributed by atoms with Crippen LogP contribution in [0.25, 0.3) is 0 Å². The van der Waals surface area contributed by atoms with Crippen molar-refractivity contribution in [2.45, 2.75) is 19.4 Å². The molecule has 0 amide bonds. The Morgan fingerprint density at radius 2 is 2.12 bits per heavy atom. The van der Waals surface area contributed by atoms with E-state index in [0.29, 0.717) is 12.2 Å². The topological polar surface area (TPSA) is 35.2 Å². The molecule has 0 radical (unpaired) electrons. The van der Waals surface area contributed by atoms with Crippen molar-refractivity contribution in [3.05, 3.63) is 33.8 Å². The smallest absolute Gasteiger partial charge is 0.173 e. The quantitative estimate of drug-likeness (QED) is 0.669. The molecule has 90 valence electrons. The van der Waals surface area contributed by atoms with Crippen LogP contribution in [0.5, 0.6) is 0 Å². The molecule has 1 unspecified atom stereocenters. The Hall–Kier alpha value is -0.520. The van der Waals surface area contributed by atoms with Gasteiger partial charge in [-0.2, -0.15) is 0 Å². The summed E-state index contributed by atoms with van der Waals surface area (Å²) >= 11 is 2.99. The second-order valence-corrected chi connectivity index (χ2v) is 4.24. The molecular weight excluding hydrogens is 280 g/mol. The van der Waals surface area contributed by atoms with E-state index >= 15 is 0 Å². The normalized spacial score (nSPS) is 12.8. The van der Waals surface area contributed by atoms with Crippen molar-refractivity contribution in [2.75, 3.05) is 13.2 Å². The molecule has 1 atom stereocenters. The Labute approximate surface area is 102 Å². The first-order valence-electron chi connectivity index (χ1n) is 5.04. The van der Waals surface area contributed by atoms with Crippen LogP contribution < -0.4 is 5.73 Å². The van der Waals surface area contributed by atoms with Crippen molar-refractivity contribution in [1.29, 1.82) is 0 Å². The van der Waals surface area contributed by atoms with Crippen LogP contribution in [0.1, 0.15) is 24.9 Å². The molecule has 0 aliphatic rings. The van der Waals surface area contributed by atoms with Gasteiger partial charge in [-0.3, -0.25) is 0 Å². The monoisotopic (exact) mass is 293 g/mol. The third-order valence-corrected chi connectivity index (χ3v) is 2.92. The molecule has 5 heteroatoms. The molecular formula is C11H14BrF2NO. The van der Waals surface area contributed by atoms with Crippen molar-refractivity contribution in [2.24, 2.45) is 5.73 Å². The van der Waals surface area contributed by atoms with Crippen molar-refractivity contribution in [1.82, 2.24) is 0 Å². The molecule has 0 saturated heterocycles. The highest BCUT2D eigenvalue weighted by atomic mass is 79.9. The van der Waals surface area contributed by atoms with E-state index < -0.39 is 17.7 Å². The van der Waals surface area contributed by atoms with E-state index in [1.165, 1.54) is 6.07 Å². The average molecular weight is 294 g/mol. The summed E-state index contributed by atoms with van der Waals surface area (Å²) in [6.07, 6.45) is 0.895. The standard InChI is InChI=1S/C11H14BrF2NO/c1-2-5-16-6-9(15)7-3-4-8(13)11(14)10(7)12/h3-4,9H,2,5-6,15H2,1H3. The van der Waals surface area contributed by atoms with Gasteiger partial charge in [0.25, 0.3) is 0 Å². The van der Waals surface area contributed by atoms with Gasteiger partial charge in [0.1, 0.15) is 0 Å². The first-order chi connectivity index (χ1) is 7.57. The first-order valence-corrected chi connectivity index (χ1v) is 5.84. The number of nitrogens with two attached hydrogens (primary N) is 1. The van der Waals surface area contributed by atoms with E-state index in [-0.39, 0.29) is 11.1 Å². The van der Waals surface area contributed by atoms with E-state index in [4.69, 9.17) is 10.5 Å². The molecule has 0 bridgehead atoms. The highest BCUT2D eigenvalue weighted by Gasteiger charge is 2.16. The summed E-state index contributed by atoms with van der Waals surface area (Å²) in [5, 5.41) is 0. The maximum Gasteiger partial charge on any atom is 0.173 e. The van der Waals surface area contributed by atoms with Crippen molar-refractivity contribution in [3.8, 4) is 0 Å². The lowest BCUT2D eigenvalue weighted by atomic mass is 10.1. The fraction of sp³-hybridized carbons (Fsp3) is 0.455. The second kappa shape index (κ2) is 6.27. The van der Waals surface area contributed by atoms with Crippen LogP contribution in [0.4, 0.5) is 8.78 Å². The predicted octanol–water partition coefficient (Wildman–Crippen LogP) is 3.15. The highest BCUT2D eigenvalue weighted by Crippen LogP contribution is 2.26. The van der Waals surface area contributed by atoms with Crippen LogP contribution in [0, 0.1) is 11.6 Å². The molecule has 0 aliphatic heterocycles. The number of ether oxygens (including phenoxy) is 1. The Bertz CT molecular complexity index is 360. The molecule has 0 heterocycles. The molecule has 0 saturated carbocycles. The third kappa shape index (κ3) is 3.23. The molecule has 16 heavy (non-hydrogen) atoms. The third-order valence-electron chi connectivity index (χ3n) is 2.11. The maximum absolute atomic E-state index is 13.2. The average Bonchev–Trinajstić information content (AvgIpc) is 2.26. The summed E-state index contributed by atoms with van der Waals surface area (Å²) in [7, 11) is 0. The molecule has 0 fully saturated rings. The molecule has 0 aromatic heterocycles. The van der Waals surface area contributed by atoms with Crippen LogP contribution in [0.3, 0.4) is 0 Å². The molecule has 2 nitrogen and oxygen atoms in total.